The van der Waals surface area contributed by atoms with E-state index >= 15 is 0 Å². The van der Waals surface area contributed by atoms with Crippen LogP contribution >= 0.6 is 0 Å². The van der Waals surface area contributed by atoms with Gasteiger partial charge in [-0.1, -0.05) is 0 Å². The highest BCUT2D eigenvalue weighted by atomic mass is 16.5. The molecule has 2 N–H and O–H groups in total. The molecule has 8 heteroatoms. The lowest BCUT2D eigenvalue weighted by atomic mass is 9.66. The Balaban J connectivity index is 2.35. The van der Waals surface area contributed by atoms with E-state index in [0.29, 0.717) is 11.4 Å². The monoisotopic (exact) mass is 393 g/mol. The smallest absolute Gasteiger partial charge is 0.338 e. The van der Waals surface area contributed by atoms with Gasteiger partial charge in [0.15, 0.2) is 11.1 Å². The van der Waals surface area contributed by atoms with Crippen LogP contribution in [0.1, 0.15) is 13.8 Å². The van der Waals surface area contributed by atoms with Gasteiger partial charge in [0.1, 0.15) is 23.2 Å². The predicted molar refractivity (Wildman–Crippen MR) is 102 cm³/mol. The average molecular weight is 393 g/mol. The number of hydrogen-bond donors (Lipinski definition) is 2. The second kappa shape index (κ2) is 7.01. The van der Waals surface area contributed by atoms with E-state index in [0.717, 1.165) is 6.08 Å². The molecule has 2 unspecified atom stereocenters. The molecule has 148 valence electrons. The zero-order chi connectivity index (χ0) is 21.4. The van der Waals surface area contributed by atoms with Crippen LogP contribution in [0, 0.1) is 28.1 Å². The van der Waals surface area contributed by atoms with Crippen LogP contribution in [0.5, 0.6) is 5.75 Å². The van der Waals surface area contributed by atoms with Gasteiger partial charge in [-0.25, -0.2) is 4.79 Å². The summed E-state index contributed by atoms with van der Waals surface area (Å²) in [5.74, 6) is -0.769. The molecule has 29 heavy (non-hydrogen) atoms. The number of methoxy groups -OCH3 is 1. The Morgan fingerprint density at radius 3 is 2.45 bits per heavy atom. The largest absolute Gasteiger partial charge is 0.507 e. The fourth-order valence-electron chi connectivity index (χ4n) is 3.93. The van der Waals surface area contributed by atoms with Crippen LogP contribution in [0.3, 0.4) is 0 Å². The van der Waals surface area contributed by atoms with Gasteiger partial charge in [-0.3, -0.25) is 0 Å². The van der Waals surface area contributed by atoms with Crippen molar-refractivity contribution in [1.82, 2.24) is 0 Å². The van der Waals surface area contributed by atoms with Crippen LogP contribution in [-0.2, 0) is 9.53 Å². The molecule has 0 fully saturated rings. The fourth-order valence-corrected chi connectivity index (χ4v) is 3.93. The molecule has 0 spiro atoms. The summed E-state index contributed by atoms with van der Waals surface area (Å²) < 4.78 is 10.3. The maximum Gasteiger partial charge on any atom is 0.338 e. The van der Waals surface area contributed by atoms with E-state index in [4.69, 9.17) is 9.47 Å². The van der Waals surface area contributed by atoms with Crippen molar-refractivity contribution in [3.63, 3.8) is 0 Å². The van der Waals surface area contributed by atoms with Gasteiger partial charge in [-0.15, -0.1) is 0 Å². The van der Waals surface area contributed by atoms with Crippen molar-refractivity contribution in [2.45, 2.75) is 19.6 Å². The highest BCUT2D eigenvalue weighted by Crippen LogP contribution is 2.58. The van der Waals surface area contributed by atoms with Crippen LogP contribution in [0.15, 0.2) is 59.0 Å². The van der Waals surface area contributed by atoms with Gasteiger partial charge in [0.2, 0.25) is 0 Å². The van der Waals surface area contributed by atoms with Crippen molar-refractivity contribution in [1.29, 1.82) is 10.5 Å². The summed E-state index contributed by atoms with van der Waals surface area (Å²) in [6, 6.07) is 10.3. The number of benzene rings is 1. The third-order valence-electron chi connectivity index (χ3n) is 5.16. The number of ether oxygens (including phenoxy) is 2. The molecule has 2 aliphatic rings. The maximum absolute atomic E-state index is 12.8. The zero-order valence-corrected chi connectivity index (χ0v) is 16.1. The SMILES string of the molecule is CCOC(=O)C1=C(C)N(c2ccc(OC)cc2)C2(O)C=CC(O)=C(C#N)C12C#N. The highest BCUT2D eigenvalue weighted by molar-refractivity contribution is 5.97. The Labute approximate surface area is 167 Å². The number of aliphatic hydroxyl groups excluding tert-OH is 1. The van der Waals surface area contributed by atoms with E-state index in [1.54, 1.807) is 44.2 Å². The molecule has 0 saturated heterocycles. The molecule has 2 atom stereocenters. The first kappa shape index (κ1) is 20.0. The van der Waals surface area contributed by atoms with Crippen LogP contribution in [0.25, 0.3) is 0 Å². The van der Waals surface area contributed by atoms with E-state index in [1.165, 1.54) is 18.1 Å². The molecule has 1 heterocycles. The first-order valence-electron chi connectivity index (χ1n) is 8.81. The minimum Gasteiger partial charge on any atom is -0.507 e. The minimum absolute atomic E-state index is 0.0332. The van der Waals surface area contributed by atoms with E-state index in [1.807, 2.05) is 6.07 Å². The predicted octanol–water partition coefficient (Wildman–Crippen LogP) is 2.46. The van der Waals surface area contributed by atoms with Gasteiger partial charge in [0.05, 0.1) is 25.4 Å². The molecule has 1 aromatic carbocycles. The molecule has 3 rings (SSSR count). The Kier molecular flexibility index (Phi) is 4.83. The number of fused-ring (bicyclic) bond motifs is 1. The Hall–Kier alpha value is -3.75. The van der Waals surface area contributed by atoms with Crippen molar-refractivity contribution >= 4 is 11.7 Å². The lowest BCUT2D eigenvalue weighted by Crippen LogP contribution is -2.56. The second-order valence-electron chi connectivity index (χ2n) is 6.51. The van der Waals surface area contributed by atoms with Gasteiger partial charge in [0, 0.05) is 11.4 Å². The standard InChI is InChI=1S/C21H19N3O5/c1-4-29-19(26)18-13(2)24(14-5-7-15(28-3)8-6-14)21(27)10-9-17(25)16(11-22)20(18,21)12-23/h5-10,25,27H,4H2,1-3H3. The normalized spacial score (nSPS) is 25.4. The van der Waals surface area contributed by atoms with Crippen molar-refractivity contribution in [2.75, 3.05) is 18.6 Å². The Morgan fingerprint density at radius 2 is 1.93 bits per heavy atom. The maximum atomic E-state index is 12.8. The summed E-state index contributed by atoms with van der Waals surface area (Å²) in [7, 11) is 1.51. The lowest BCUT2D eigenvalue weighted by molar-refractivity contribution is -0.140. The molecule has 1 aliphatic heterocycles. The molecule has 0 bridgehead atoms. The third kappa shape index (κ3) is 2.50. The fraction of sp³-hybridized carbons (Fsp3) is 0.286. The van der Waals surface area contributed by atoms with E-state index < -0.39 is 28.4 Å². The summed E-state index contributed by atoms with van der Waals surface area (Å²) in [6.07, 6.45) is 2.35. The molecule has 0 radical (unpaired) electrons. The summed E-state index contributed by atoms with van der Waals surface area (Å²) in [6.45, 7) is 3.19. The topological polar surface area (TPSA) is 127 Å². The van der Waals surface area contributed by atoms with Crippen molar-refractivity contribution in [3.8, 4) is 17.9 Å². The molecule has 0 amide bonds. The molecular formula is C21H19N3O5. The number of carbonyl (C=O) groups is 1. The average Bonchev–Trinajstić information content (AvgIpc) is 2.92. The quantitative estimate of drug-likeness (QED) is 0.747. The van der Waals surface area contributed by atoms with Gasteiger partial charge in [-0.2, -0.15) is 10.5 Å². The highest BCUT2D eigenvalue weighted by Gasteiger charge is 2.68. The molecular weight excluding hydrogens is 374 g/mol. The summed E-state index contributed by atoms with van der Waals surface area (Å²) >= 11 is 0. The number of nitrogens with zero attached hydrogens (tertiary/aromatic N) is 3. The number of rotatable bonds is 4. The number of allylic oxidation sites excluding steroid dienone is 2. The van der Waals surface area contributed by atoms with Crippen molar-refractivity contribution in [3.05, 3.63) is 59.0 Å². The van der Waals surface area contributed by atoms with Crippen LogP contribution in [-0.4, -0.2) is 35.6 Å². The second-order valence-corrected chi connectivity index (χ2v) is 6.51. The number of anilines is 1. The van der Waals surface area contributed by atoms with E-state index in [-0.39, 0.29) is 17.9 Å². The number of carbonyl (C=O) groups excluding carboxylic acids is 1. The number of esters is 1. The number of nitriles is 2. The third-order valence-corrected chi connectivity index (χ3v) is 5.16. The number of aliphatic hydroxyl groups is 2. The first-order chi connectivity index (χ1) is 13.8. The van der Waals surface area contributed by atoms with Gasteiger partial charge < -0.3 is 24.6 Å². The lowest BCUT2D eigenvalue weighted by Gasteiger charge is -2.43. The first-order valence-corrected chi connectivity index (χ1v) is 8.81. The summed E-state index contributed by atoms with van der Waals surface area (Å²) in [4.78, 5) is 14.2. The molecule has 1 aromatic rings. The van der Waals surface area contributed by atoms with Crippen molar-refractivity contribution < 1.29 is 24.5 Å². The van der Waals surface area contributed by atoms with E-state index in [2.05, 4.69) is 0 Å². The van der Waals surface area contributed by atoms with Gasteiger partial charge in [-0.05, 0) is 50.3 Å². The van der Waals surface area contributed by atoms with Crippen LogP contribution < -0.4 is 9.64 Å². The minimum atomic E-state index is -2.17. The summed E-state index contributed by atoms with van der Waals surface area (Å²) in [5.41, 5.74) is -4.26. The van der Waals surface area contributed by atoms with Crippen molar-refractivity contribution in [2.24, 2.45) is 5.41 Å². The van der Waals surface area contributed by atoms with Gasteiger partial charge >= 0.3 is 5.97 Å². The van der Waals surface area contributed by atoms with Gasteiger partial charge in [0.25, 0.3) is 0 Å². The molecule has 0 saturated carbocycles. The molecule has 1 aliphatic carbocycles. The Morgan fingerprint density at radius 1 is 1.28 bits per heavy atom. The zero-order valence-electron chi connectivity index (χ0n) is 16.1. The molecule has 0 aromatic heterocycles. The van der Waals surface area contributed by atoms with E-state index in [9.17, 15) is 25.5 Å². The van der Waals surface area contributed by atoms with Crippen LogP contribution in [0.2, 0.25) is 0 Å². The Bertz CT molecular complexity index is 1040. The van der Waals surface area contributed by atoms with Crippen LogP contribution in [0.4, 0.5) is 5.69 Å². The molecule has 8 nitrogen and oxygen atoms in total. The summed E-state index contributed by atoms with van der Waals surface area (Å²) in [5, 5.41) is 41.8. The number of hydrogen-bond acceptors (Lipinski definition) is 8.